The second-order valence-corrected chi connectivity index (χ2v) is 7.06. The third-order valence-electron chi connectivity index (χ3n) is 4.06. The lowest BCUT2D eigenvalue weighted by atomic mass is 10.0. The van der Waals surface area contributed by atoms with E-state index >= 15 is 0 Å². The van der Waals surface area contributed by atoms with Crippen molar-refractivity contribution in [1.29, 1.82) is 0 Å². The molecule has 104 valence electrons. The first-order chi connectivity index (χ1) is 10.3. The summed E-state index contributed by atoms with van der Waals surface area (Å²) in [5.74, 6) is 0. The average Bonchev–Trinajstić information content (AvgIpc) is 2.98. The van der Waals surface area contributed by atoms with Crippen LogP contribution in [0.25, 0.3) is 10.1 Å². The van der Waals surface area contributed by atoms with Gasteiger partial charge in [-0.3, -0.25) is 4.90 Å². The van der Waals surface area contributed by atoms with Crippen LogP contribution in [0.3, 0.4) is 0 Å². The van der Waals surface area contributed by atoms with Crippen LogP contribution in [0.2, 0.25) is 0 Å². The number of amides is 1. The van der Waals surface area contributed by atoms with Crippen molar-refractivity contribution in [2.75, 3.05) is 11.4 Å². The Morgan fingerprint density at radius 3 is 2.76 bits per heavy atom. The van der Waals surface area contributed by atoms with Crippen LogP contribution in [0.15, 0.2) is 60.0 Å². The zero-order chi connectivity index (χ0) is 14.2. The lowest BCUT2D eigenvalue weighted by Crippen LogP contribution is -2.32. The van der Waals surface area contributed by atoms with Gasteiger partial charge in [-0.1, -0.05) is 30.3 Å². The lowest BCUT2D eigenvalue weighted by Gasteiger charge is -2.26. The second kappa shape index (κ2) is 5.01. The zero-order valence-electron chi connectivity index (χ0n) is 11.7. The minimum atomic E-state index is -0.445. The third-order valence-corrected chi connectivity index (χ3v) is 5.91. The molecule has 0 saturated heterocycles. The predicted molar refractivity (Wildman–Crippen MR) is 89.3 cm³/mol. The number of carbonyl (C=O) groups excluding carboxylic acids is 1. The summed E-state index contributed by atoms with van der Waals surface area (Å²) in [5, 5.41) is 3.47. The Labute approximate surface area is 126 Å². The van der Waals surface area contributed by atoms with E-state index in [0.717, 1.165) is 29.8 Å². The second-order valence-electron chi connectivity index (χ2n) is 5.33. The molecule has 1 aliphatic heterocycles. The van der Waals surface area contributed by atoms with Crippen LogP contribution < -0.4 is 4.90 Å². The van der Waals surface area contributed by atoms with E-state index in [-0.39, 0.29) is 5.24 Å². The van der Waals surface area contributed by atoms with Crippen LogP contribution >= 0.6 is 10.5 Å². The number of hydrogen-bond acceptors (Lipinski definition) is 1. The Morgan fingerprint density at radius 1 is 1.00 bits per heavy atom. The Kier molecular flexibility index (Phi) is 3.00. The summed E-state index contributed by atoms with van der Waals surface area (Å²) < 4.78 is 1.16. The summed E-state index contributed by atoms with van der Waals surface area (Å²) in [4.78, 5) is 15.0. The molecule has 0 saturated carbocycles. The van der Waals surface area contributed by atoms with Gasteiger partial charge < -0.3 is 0 Å². The van der Waals surface area contributed by atoms with Gasteiger partial charge in [-0.15, -0.1) is 0 Å². The number of benzene rings is 2. The fourth-order valence-corrected chi connectivity index (χ4v) is 4.80. The molecule has 0 N–H and O–H groups in total. The topological polar surface area (TPSA) is 20.3 Å². The first kappa shape index (κ1) is 12.6. The molecule has 1 aromatic heterocycles. The van der Waals surface area contributed by atoms with Gasteiger partial charge in [0.1, 0.15) is 5.38 Å². The zero-order valence-corrected chi connectivity index (χ0v) is 12.5. The molecule has 2 nitrogen and oxygen atoms in total. The highest BCUT2D eigenvalue weighted by atomic mass is 32.2. The van der Waals surface area contributed by atoms with Crippen molar-refractivity contribution in [1.82, 2.24) is 0 Å². The third kappa shape index (κ3) is 2.05. The van der Waals surface area contributed by atoms with E-state index in [4.69, 9.17) is 0 Å². The standard InChI is InChI=1S/C18H16NOS/c20-18(21-13-11-15-7-2-4-10-17(15)21)19-12-5-8-14-6-1-3-9-16(14)19/h1-4,6-7,9-11,13H,5,8,12H2/q+1. The molecule has 0 bridgehead atoms. The molecule has 2 aromatic carbocycles. The van der Waals surface area contributed by atoms with E-state index in [9.17, 15) is 4.79 Å². The number of aryl methyl sites for hydroxylation is 1. The summed E-state index contributed by atoms with van der Waals surface area (Å²) in [5.41, 5.74) is 2.39. The highest BCUT2D eigenvalue weighted by Crippen LogP contribution is 2.37. The van der Waals surface area contributed by atoms with Crippen molar-refractivity contribution in [3.8, 4) is 0 Å². The molecule has 0 radical (unpaired) electrons. The van der Waals surface area contributed by atoms with Crippen molar-refractivity contribution in [3.05, 3.63) is 65.5 Å². The molecular formula is C18H16NOS+. The smallest absolute Gasteiger partial charge is 0.263 e. The van der Waals surface area contributed by atoms with Crippen LogP contribution in [0.5, 0.6) is 0 Å². The first-order valence-electron chi connectivity index (χ1n) is 7.24. The van der Waals surface area contributed by atoms with Crippen molar-refractivity contribution in [2.24, 2.45) is 0 Å². The van der Waals surface area contributed by atoms with Crippen molar-refractivity contribution in [2.45, 2.75) is 12.8 Å². The van der Waals surface area contributed by atoms with E-state index < -0.39 is 10.5 Å². The number of hydrogen-bond donors (Lipinski definition) is 0. The van der Waals surface area contributed by atoms with E-state index in [1.165, 1.54) is 10.9 Å². The molecule has 3 aromatic rings. The first-order valence-corrected chi connectivity index (χ1v) is 8.53. The molecular weight excluding hydrogens is 278 g/mol. The molecule has 0 spiro atoms. The number of rotatable bonds is 1. The number of fused-ring (bicyclic) bond motifs is 2. The van der Waals surface area contributed by atoms with Crippen molar-refractivity contribution < 1.29 is 4.79 Å². The Bertz CT molecular complexity index is 821. The summed E-state index contributed by atoms with van der Waals surface area (Å²) >= 11 is 0. The van der Waals surface area contributed by atoms with Gasteiger partial charge in [-0.2, -0.15) is 0 Å². The molecule has 1 aliphatic rings. The van der Waals surface area contributed by atoms with Crippen molar-refractivity contribution in [3.63, 3.8) is 0 Å². The minimum absolute atomic E-state index is 0.225. The summed E-state index contributed by atoms with van der Waals surface area (Å²) in [6, 6.07) is 18.6. The summed E-state index contributed by atoms with van der Waals surface area (Å²) in [7, 11) is -0.445. The molecule has 21 heavy (non-hydrogen) atoms. The van der Waals surface area contributed by atoms with Crippen LogP contribution in [0, 0.1) is 0 Å². The molecule has 0 fully saturated rings. The summed E-state index contributed by atoms with van der Waals surface area (Å²) in [6.07, 6.45) is 2.12. The van der Waals surface area contributed by atoms with E-state index in [2.05, 4.69) is 41.8 Å². The van der Waals surface area contributed by atoms with Gasteiger partial charge in [0, 0.05) is 18.0 Å². The van der Waals surface area contributed by atoms with Crippen LogP contribution in [-0.2, 0) is 6.42 Å². The Morgan fingerprint density at radius 2 is 1.81 bits per heavy atom. The maximum Gasteiger partial charge on any atom is 0.463 e. The molecule has 0 aliphatic carbocycles. The van der Waals surface area contributed by atoms with E-state index in [0.29, 0.717) is 0 Å². The number of carbonyl (C=O) groups is 1. The highest BCUT2D eigenvalue weighted by Gasteiger charge is 2.31. The number of para-hydroxylation sites is 1. The van der Waals surface area contributed by atoms with Crippen LogP contribution in [0.4, 0.5) is 10.5 Å². The summed E-state index contributed by atoms with van der Waals surface area (Å²) in [6.45, 7) is 0.829. The van der Waals surface area contributed by atoms with E-state index in [1.807, 2.05) is 23.1 Å². The molecule has 1 amide bonds. The van der Waals surface area contributed by atoms with Gasteiger partial charge in [0.15, 0.2) is 4.70 Å². The molecule has 3 heteroatoms. The van der Waals surface area contributed by atoms with Gasteiger partial charge in [0.2, 0.25) is 0 Å². The number of thiophene rings is 1. The van der Waals surface area contributed by atoms with Crippen molar-refractivity contribution >= 4 is 31.5 Å². The quantitative estimate of drug-likeness (QED) is 0.578. The maximum absolute atomic E-state index is 13.0. The van der Waals surface area contributed by atoms with Gasteiger partial charge in [0.25, 0.3) is 0 Å². The van der Waals surface area contributed by atoms with Gasteiger partial charge in [-0.05, 0) is 36.6 Å². The minimum Gasteiger partial charge on any atom is -0.263 e. The fourth-order valence-electron chi connectivity index (χ4n) is 3.03. The van der Waals surface area contributed by atoms with Crippen LogP contribution in [-0.4, -0.2) is 11.8 Å². The molecule has 1 atom stereocenters. The molecule has 2 heterocycles. The molecule has 4 rings (SSSR count). The van der Waals surface area contributed by atoms with Gasteiger partial charge in [-0.25, -0.2) is 4.79 Å². The van der Waals surface area contributed by atoms with Gasteiger partial charge >= 0.3 is 5.24 Å². The Balaban J connectivity index is 1.79. The predicted octanol–water partition coefficient (Wildman–Crippen LogP) is 5.01. The number of anilines is 1. The van der Waals surface area contributed by atoms with Gasteiger partial charge in [0.05, 0.1) is 16.2 Å². The fraction of sp³-hybridized carbons (Fsp3) is 0.167. The van der Waals surface area contributed by atoms with E-state index in [1.54, 1.807) is 0 Å². The highest BCUT2D eigenvalue weighted by molar-refractivity contribution is 7.55. The normalized spacial score (nSPS) is 15.0. The van der Waals surface area contributed by atoms with Crippen LogP contribution in [0.1, 0.15) is 12.0 Å². The Hall–Kier alpha value is -2.13. The average molecular weight is 294 g/mol. The largest absolute Gasteiger partial charge is 0.463 e. The SMILES string of the molecule is O=C(N1CCCc2ccccc21)[s+]1ccc2ccccc21. The lowest BCUT2D eigenvalue weighted by molar-refractivity contribution is 0.264. The molecule has 1 unspecified atom stereocenters. The maximum atomic E-state index is 13.0. The number of nitrogens with zero attached hydrogens (tertiary/aromatic N) is 1. The monoisotopic (exact) mass is 294 g/mol.